The summed E-state index contributed by atoms with van der Waals surface area (Å²) in [5, 5.41) is 7.80. The lowest BCUT2D eigenvalue weighted by atomic mass is 9.74. The Balaban J connectivity index is 1.66. The molecule has 6 heteroatoms. The van der Waals surface area contributed by atoms with Gasteiger partial charge in [0, 0.05) is 5.56 Å². The molecule has 1 atom stereocenters. The minimum Gasteiger partial charge on any atom is -0.491 e. The van der Waals surface area contributed by atoms with E-state index in [1.54, 1.807) is 6.92 Å². The van der Waals surface area contributed by atoms with Gasteiger partial charge in [0.1, 0.15) is 19.0 Å². The summed E-state index contributed by atoms with van der Waals surface area (Å²) in [6.45, 7) is 9.17. The quantitative estimate of drug-likeness (QED) is 0.882. The molecule has 148 valence electrons. The first-order valence-corrected chi connectivity index (χ1v) is 9.75. The number of hydrogen-bond acceptors (Lipinski definition) is 4. The molecular weight excluding hydrogens is 354 g/mol. The van der Waals surface area contributed by atoms with Crippen molar-refractivity contribution in [2.24, 2.45) is 5.41 Å². The van der Waals surface area contributed by atoms with Gasteiger partial charge in [-0.15, -0.1) is 0 Å². The van der Waals surface area contributed by atoms with Gasteiger partial charge in [0.15, 0.2) is 0 Å². The molecule has 1 aromatic heterocycles. The Morgan fingerprint density at radius 1 is 1.18 bits per heavy atom. The number of amides is 1. The second-order valence-corrected chi connectivity index (χ2v) is 8.45. The summed E-state index contributed by atoms with van der Waals surface area (Å²) < 4.78 is 13.0. The van der Waals surface area contributed by atoms with Gasteiger partial charge in [0.05, 0.1) is 23.6 Å². The number of rotatable bonds is 3. The third kappa shape index (κ3) is 3.51. The van der Waals surface area contributed by atoms with E-state index in [1.807, 2.05) is 10.9 Å². The van der Waals surface area contributed by atoms with Gasteiger partial charge in [-0.05, 0) is 44.2 Å². The van der Waals surface area contributed by atoms with Gasteiger partial charge in [-0.3, -0.25) is 4.79 Å². The third-order valence-corrected chi connectivity index (χ3v) is 5.44. The van der Waals surface area contributed by atoms with Gasteiger partial charge in [-0.2, -0.15) is 5.10 Å². The van der Waals surface area contributed by atoms with Crippen LogP contribution in [-0.4, -0.2) is 28.9 Å². The molecule has 2 heterocycles. The normalized spacial score (nSPS) is 20.8. The topological polar surface area (TPSA) is 65.4 Å². The van der Waals surface area contributed by atoms with Crippen molar-refractivity contribution >= 4 is 5.91 Å². The number of fused-ring (bicyclic) bond motifs is 1. The SMILES string of the molecule is CC1=C(C(=O)NC2CC(C)(C)Cc3c2cnn3-c2ccc(C)cc2)OCCO1. The van der Waals surface area contributed by atoms with Gasteiger partial charge in [-0.1, -0.05) is 31.5 Å². The molecule has 2 aromatic rings. The molecule has 1 aromatic carbocycles. The third-order valence-electron chi connectivity index (χ3n) is 5.44. The van der Waals surface area contributed by atoms with Crippen LogP contribution >= 0.6 is 0 Å². The predicted molar refractivity (Wildman–Crippen MR) is 106 cm³/mol. The smallest absolute Gasteiger partial charge is 0.290 e. The zero-order valence-corrected chi connectivity index (χ0v) is 16.9. The first kappa shape index (κ1) is 18.6. The summed E-state index contributed by atoms with van der Waals surface area (Å²) in [4.78, 5) is 12.8. The van der Waals surface area contributed by atoms with Crippen molar-refractivity contribution in [3.8, 4) is 5.69 Å². The van der Waals surface area contributed by atoms with Crippen molar-refractivity contribution in [2.45, 2.75) is 46.6 Å². The molecule has 6 nitrogen and oxygen atoms in total. The fourth-order valence-electron chi connectivity index (χ4n) is 4.03. The van der Waals surface area contributed by atoms with Gasteiger partial charge in [0.2, 0.25) is 5.76 Å². The molecule has 0 radical (unpaired) electrons. The summed E-state index contributed by atoms with van der Waals surface area (Å²) >= 11 is 0. The Kier molecular flexibility index (Phi) is 4.65. The molecule has 0 bridgehead atoms. The van der Waals surface area contributed by atoms with E-state index in [-0.39, 0.29) is 23.1 Å². The minimum absolute atomic E-state index is 0.0424. The van der Waals surface area contributed by atoms with Crippen LogP contribution in [0, 0.1) is 12.3 Å². The molecule has 28 heavy (non-hydrogen) atoms. The molecule has 4 rings (SSSR count). The maximum Gasteiger partial charge on any atom is 0.290 e. The molecule has 1 aliphatic heterocycles. The lowest BCUT2D eigenvalue weighted by Gasteiger charge is -2.36. The molecule has 0 saturated heterocycles. The highest BCUT2D eigenvalue weighted by Gasteiger charge is 2.37. The average Bonchev–Trinajstić information content (AvgIpc) is 3.05. The number of aryl methyl sites for hydroxylation is 1. The standard InChI is InChI=1S/C22H27N3O3/c1-14-5-7-16(8-6-14)25-19-12-22(3,4)11-18(17(19)13-23-25)24-21(26)20-15(2)27-9-10-28-20/h5-8,13,18H,9-12H2,1-4H3,(H,24,26). The van der Waals surface area contributed by atoms with E-state index in [0.29, 0.717) is 19.0 Å². The Labute approximate surface area is 165 Å². The zero-order valence-electron chi connectivity index (χ0n) is 16.9. The number of hydrogen-bond donors (Lipinski definition) is 1. The number of carbonyl (C=O) groups excluding carboxylic acids is 1. The van der Waals surface area contributed by atoms with Crippen LogP contribution in [0.25, 0.3) is 5.69 Å². The predicted octanol–water partition coefficient (Wildman–Crippen LogP) is 3.59. The summed E-state index contributed by atoms with van der Waals surface area (Å²) in [6.07, 6.45) is 3.64. The Hall–Kier alpha value is -2.76. The van der Waals surface area contributed by atoms with Gasteiger partial charge < -0.3 is 14.8 Å². The van der Waals surface area contributed by atoms with Crippen LogP contribution < -0.4 is 5.32 Å². The number of allylic oxidation sites excluding steroid dienone is 1. The first-order valence-electron chi connectivity index (χ1n) is 9.75. The van der Waals surface area contributed by atoms with Gasteiger partial charge in [0.25, 0.3) is 5.91 Å². The van der Waals surface area contributed by atoms with Crippen LogP contribution in [0.15, 0.2) is 42.0 Å². The summed E-state index contributed by atoms with van der Waals surface area (Å²) in [5.41, 5.74) is 4.52. The fraction of sp³-hybridized carbons (Fsp3) is 0.455. The first-order chi connectivity index (χ1) is 13.3. The van der Waals surface area contributed by atoms with Crippen LogP contribution in [0.4, 0.5) is 0 Å². The van der Waals surface area contributed by atoms with E-state index >= 15 is 0 Å². The molecule has 1 aliphatic carbocycles. The van der Waals surface area contributed by atoms with Crippen molar-refractivity contribution in [2.75, 3.05) is 13.2 Å². The number of ether oxygens (including phenoxy) is 2. The molecule has 1 amide bonds. The van der Waals surface area contributed by atoms with Crippen molar-refractivity contribution in [3.05, 3.63) is 58.8 Å². The highest BCUT2D eigenvalue weighted by Crippen LogP contribution is 2.41. The Morgan fingerprint density at radius 2 is 1.89 bits per heavy atom. The number of benzene rings is 1. The summed E-state index contributed by atoms with van der Waals surface area (Å²) in [7, 11) is 0. The number of nitrogens with zero attached hydrogens (tertiary/aromatic N) is 2. The largest absolute Gasteiger partial charge is 0.491 e. The second-order valence-electron chi connectivity index (χ2n) is 8.45. The Morgan fingerprint density at radius 3 is 2.61 bits per heavy atom. The monoisotopic (exact) mass is 381 g/mol. The maximum atomic E-state index is 12.8. The van der Waals surface area contributed by atoms with Crippen LogP contribution in [0.3, 0.4) is 0 Å². The highest BCUT2D eigenvalue weighted by atomic mass is 16.6. The average molecular weight is 381 g/mol. The van der Waals surface area contributed by atoms with E-state index < -0.39 is 0 Å². The molecule has 2 aliphatic rings. The fourth-order valence-corrected chi connectivity index (χ4v) is 4.03. The van der Waals surface area contributed by atoms with Crippen molar-refractivity contribution in [1.82, 2.24) is 15.1 Å². The highest BCUT2D eigenvalue weighted by molar-refractivity contribution is 5.92. The molecule has 0 saturated carbocycles. The number of aromatic nitrogens is 2. The van der Waals surface area contributed by atoms with E-state index in [4.69, 9.17) is 9.47 Å². The van der Waals surface area contributed by atoms with E-state index in [1.165, 1.54) is 5.56 Å². The van der Waals surface area contributed by atoms with Crippen molar-refractivity contribution in [1.29, 1.82) is 0 Å². The molecule has 0 fully saturated rings. The number of nitrogens with one attached hydrogen (secondary N) is 1. The van der Waals surface area contributed by atoms with Crippen LogP contribution in [-0.2, 0) is 20.7 Å². The van der Waals surface area contributed by atoms with Gasteiger partial charge in [-0.25, -0.2) is 4.68 Å². The zero-order chi connectivity index (χ0) is 19.9. The second kappa shape index (κ2) is 7.00. The molecule has 1 unspecified atom stereocenters. The lowest BCUT2D eigenvalue weighted by Crippen LogP contribution is -2.38. The number of carbonyl (C=O) groups is 1. The van der Waals surface area contributed by atoms with E-state index in [2.05, 4.69) is 55.5 Å². The minimum atomic E-state index is -0.228. The Bertz CT molecular complexity index is 925. The van der Waals surface area contributed by atoms with Crippen LogP contribution in [0.1, 0.15) is 50.1 Å². The van der Waals surface area contributed by atoms with E-state index in [9.17, 15) is 4.79 Å². The maximum absolute atomic E-state index is 12.8. The lowest BCUT2D eigenvalue weighted by molar-refractivity contribution is -0.123. The summed E-state index contributed by atoms with van der Waals surface area (Å²) in [6, 6.07) is 8.23. The van der Waals surface area contributed by atoms with E-state index in [0.717, 1.165) is 29.8 Å². The van der Waals surface area contributed by atoms with Crippen molar-refractivity contribution in [3.63, 3.8) is 0 Å². The van der Waals surface area contributed by atoms with Crippen LogP contribution in [0.2, 0.25) is 0 Å². The van der Waals surface area contributed by atoms with Crippen LogP contribution in [0.5, 0.6) is 0 Å². The van der Waals surface area contributed by atoms with Crippen molar-refractivity contribution < 1.29 is 14.3 Å². The molecule has 0 spiro atoms. The molecule has 1 N–H and O–H groups in total. The van der Waals surface area contributed by atoms with Gasteiger partial charge >= 0.3 is 0 Å². The summed E-state index contributed by atoms with van der Waals surface area (Å²) in [5.74, 6) is 0.588. The molecular formula is C22H27N3O3.